The number of aryl methyl sites for hydroxylation is 1. The van der Waals surface area contributed by atoms with Gasteiger partial charge in [0.05, 0.1) is 6.04 Å². The molecule has 0 aromatic heterocycles. The van der Waals surface area contributed by atoms with Gasteiger partial charge in [-0.25, -0.2) is 4.39 Å². The zero-order chi connectivity index (χ0) is 19.2. The highest BCUT2D eigenvalue weighted by Crippen LogP contribution is 2.29. The van der Waals surface area contributed by atoms with E-state index in [1.807, 2.05) is 23.9 Å². The van der Waals surface area contributed by atoms with E-state index in [4.69, 9.17) is 4.99 Å². The van der Waals surface area contributed by atoms with Crippen molar-refractivity contribution in [1.29, 1.82) is 0 Å². The van der Waals surface area contributed by atoms with Crippen LogP contribution in [0.1, 0.15) is 36.8 Å². The third kappa shape index (κ3) is 5.36. The number of benzene rings is 2. The first-order chi connectivity index (χ1) is 13.8. The summed E-state index contributed by atoms with van der Waals surface area (Å²) in [6.07, 6.45) is 5.68. The Bertz CT molecular complexity index is 798. The molecule has 0 atom stereocenters. The molecule has 0 aliphatic carbocycles. The maximum Gasteiger partial charge on any atom is 0.161 e. The first kappa shape index (κ1) is 19.5. The van der Waals surface area contributed by atoms with Crippen LogP contribution in [0.15, 0.2) is 53.5 Å². The number of para-hydroxylation sites is 1. The van der Waals surface area contributed by atoms with Gasteiger partial charge in [-0.15, -0.1) is 0 Å². The van der Waals surface area contributed by atoms with Gasteiger partial charge in [0.2, 0.25) is 0 Å². The van der Waals surface area contributed by atoms with Crippen molar-refractivity contribution in [2.45, 2.75) is 43.9 Å². The summed E-state index contributed by atoms with van der Waals surface area (Å²) in [6.45, 7) is 3.43. The van der Waals surface area contributed by atoms with Crippen molar-refractivity contribution in [3.8, 4) is 0 Å². The van der Waals surface area contributed by atoms with Crippen molar-refractivity contribution in [2.75, 3.05) is 25.0 Å². The lowest BCUT2D eigenvalue weighted by molar-refractivity contribution is 0.210. The molecule has 2 aromatic rings. The summed E-state index contributed by atoms with van der Waals surface area (Å²) in [6, 6.07) is 15.8. The second-order valence-electron chi connectivity index (χ2n) is 7.66. The van der Waals surface area contributed by atoms with Gasteiger partial charge < -0.3 is 10.2 Å². The lowest BCUT2D eigenvalue weighted by Crippen LogP contribution is -2.36. The Balaban J connectivity index is 1.16. The Labute approximate surface area is 171 Å². The zero-order valence-electron chi connectivity index (χ0n) is 16.2. The molecule has 148 valence electrons. The molecule has 1 N–H and O–H groups in total. The van der Waals surface area contributed by atoms with Crippen LogP contribution in [0.3, 0.4) is 0 Å². The molecule has 0 amide bonds. The number of piperidine rings is 1. The first-order valence-corrected chi connectivity index (χ1v) is 11.3. The molecule has 2 aromatic carbocycles. The molecule has 0 bridgehead atoms. The Morgan fingerprint density at radius 3 is 2.64 bits per heavy atom. The van der Waals surface area contributed by atoms with Crippen LogP contribution in [-0.4, -0.2) is 35.7 Å². The minimum Gasteiger partial charge on any atom is -0.335 e. The monoisotopic (exact) mass is 397 g/mol. The van der Waals surface area contributed by atoms with E-state index in [1.165, 1.54) is 23.2 Å². The number of likely N-dealkylation sites (tertiary alicyclic amines) is 1. The topological polar surface area (TPSA) is 27.6 Å². The van der Waals surface area contributed by atoms with Crippen molar-refractivity contribution in [2.24, 2.45) is 4.99 Å². The second-order valence-corrected chi connectivity index (χ2v) is 8.63. The number of rotatable bonds is 6. The highest BCUT2D eigenvalue weighted by molar-refractivity contribution is 8.13. The molecule has 2 heterocycles. The predicted molar refractivity (Wildman–Crippen MR) is 118 cm³/mol. The summed E-state index contributed by atoms with van der Waals surface area (Å²) in [5, 5.41) is 4.57. The molecule has 0 spiro atoms. The molecule has 0 unspecified atom stereocenters. The maximum absolute atomic E-state index is 12.9. The van der Waals surface area contributed by atoms with Crippen molar-refractivity contribution in [1.82, 2.24) is 4.90 Å². The molecule has 1 saturated heterocycles. The van der Waals surface area contributed by atoms with Crippen molar-refractivity contribution in [3.05, 3.63) is 65.5 Å². The van der Waals surface area contributed by atoms with Crippen LogP contribution in [0.4, 0.5) is 10.1 Å². The van der Waals surface area contributed by atoms with Gasteiger partial charge in [-0.3, -0.25) is 4.99 Å². The SMILES string of the molecule is Fc1ccc(CCCCN2CCC(N=C3Nc4ccccc4CS3)CC2)cc1. The van der Waals surface area contributed by atoms with Gasteiger partial charge in [-0.2, -0.15) is 0 Å². The summed E-state index contributed by atoms with van der Waals surface area (Å²) in [7, 11) is 0. The van der Waals surface area contributed by atoms with E-state index >= 15 is 0 Å². The number of unbranched alkanes of at least 4 members (excludes halogenated alkanes) is 1. The smallest absolute Gasteiger partial charge is 0.161 e. The van der Waals surface area contributed by atoms with Crippen molar-refractivity contribution in [3.63, 3.8) is 0 Å². The van der Waals surface area contributed by atoms with Gasteiger partial charge in [0.1, 0.15) is 5.82 Å². The van der Waals surface area contributed by atoms with E-state index in [0.717, 1.165) is 56.2 Å². The van der Waals surface area contributed by atoms with E-state index in [0.29, 0.717) is 6.04 Å². The van der Waals surface area contributed by atoms with E-state index in [9.17, 15) is 4.39 Å². The zero-order valence-corrected chi connectivity index (χ0v) is 17.1. The minimum atomic E-state index is -0.152. The van der Waals surface area contributed by atoms with Gasteiger partial charge >= 0.3 is 0 Å². The van der Waals surface area contributed by atoms with Crippen LogP contribution in [0.2, 0.25) is 0 Å². The highest BCUT2D eigenvalue weighted by Gasteiger charge is 2.20. The molecule has 3 nitrogen and oxygen atoms in total. The lowest BCUT2D eigenvalue weighted by Gasteiger charge is -2.31. The normalized spacial score (nSPS) is 19.4. The van der Waals surface area contributed by atoms with Gasteiger partial charge in [0.15, 0.2) is 5.17 Å². The summed E-state index contributed by atoms with van der Waals surface area (Å²) in [5.41, 5.74) is 3.80. The number of anilines is 1. The quantitative estimate of drug-likeness (QED) is 0.668. The van der Waals surface area contributed by atoms with Crippen molar-refractivity contribution < 1.29 is 4.39 Å². The van der Waals surface area contributed by atoms with Crippen LogP contribution in [0.5, 0.6) is 0 Å². The fourth-order valence-corrected chi connectivity index (χ4v) is 4.84. The van der Waals surface area contributed by atoms with E-state index in [1.54, 1.807) is 12.1 Å². The van der Waals surface area contributed by atoms with Crippen LogP contribution in [0, 0.1) is 5.82 Å². The Kier molecular flexibility index (Phi) is 6.65. The molecule has 5 heteroatoms. The number of halogens is 1. The van der Waals surface area contributed by atoms with Crippen LogP contribution < -0.4 is 5.32 Å². The standard InChI is InChI=1S/C23H28FN3S/c24-20-10-8-18(9-11-20)5-3-4-14-27-15-12-21(13-16-27)25-23-26-22-7-2-1-6-19(22)17-28-23/h1-2,6-11,21H,3-5,12-17H2,(H,25,26). The predicted octanol–water partition coefficient (Wildman–Crippen LogP) is 5.33. The summed E-state index contributed by atoms with van der Waals surface area (Å²) in [5.74, 6) is 0.857. The second kappa shape index (κ2) is 9.57. The molecule has 4 rings (SSSR count). The summed E-state index contributed by atoms with van der Waals surface area (Å²) in [4.78, 5) is 7.55. The lowest BCUT2D eigenvalue weighted by atomic mass is 10.0. The fraction of sp³-hybridized carbons (Fsp3) is 0.435. The number of amidine groups is 1. The Morgan fingerprint density at radius 1 is 1.04 bits per heavy atom. The van der Waals surface area contributed by atoms with Gasteiger partial charge in [-0.1, -0.05) is 42.1 Å². The number of hydrogen-bond donors (Lipinski definition) is 1. The Morgan fingerprint density at radius 2 is 1.82 bits per heavy atom. The van der Waals surface area contributed by atoms with Gasteiger partial charge in [0.25, 0.3) is 0 Å². The van der Waals surface area contributed by atoms with Gasteiger partial charge in [0, 0.05) is 24.5 Å². The minimum absolute atomic E-state index is 0.152. The largest absolute Gasteiger partial charge is 0.335 e. The molecule has 2 aliphatic heterocycles. The molecular formula is C23H28FN3S. The number of hydrogen-bond acceptors (Lipinski definition) is 3. The number of aliphatic imine (C=N–C) groups is 1. The molecule has 0 saturated carbocycles. The fourth-order valence-electron chi connectivity index (χ4n) is 3.89. The summed E-state index contributed by atoms with van der Waals surface area (Å²) < 4.78 is 12.9. The number of thioether (sulfide) groups is 1. The van der Waals surface area contributed by atoms with Crippen molar-refractivity contribution >= 4 is 22.6 Å². The third-order valence-electron chi connectivity index (χ3n) is 5.58. The molecule has 0 radical (unpaired) electrons. The van der Waals surface area contributed by atoms with Crippen LogP contribution in [-0.2, 0) is 12.2 Å². The van der Waals surface area contributed by atoms with E-state index in [-0.39, 0.29) is 5.82 Å². The molecule has 2 aliphatic rings. The average molecular weight is 398 g/mol. The third-order valence-corrected chi connectivity index (χ3v) is 6.52. The number of fused-ring (bicyclic) bond motifs is 1. The summed E-state index contributed by atoms with van der Waals surface area (Å²) >= 11 is 1.82. The van der Waals surface area contributed by atoms with Gasteiger partial charge in [-0.05, 0) is 68.0 Å². The van der Waals surface area contributed by atoms with Crippen LogP contribution in [0.25, 0.3) is 0 Å². The first-order valence-electron chi connectivity index (χ1n) is 10.3. The van der Waals surface area contributed by atoms with Crippen LogP contribution >= 0.6 is 11.8 Å². The van der Waals surface area contributed by atoms with E-state index < -0.39 is 0 Å². The molecular weight excluding hydrogens is 369 g/mol. The maximum atomic E-state index is 12.9. The number of nitrogens with zero attached hydrogens (tertiary/aromatic N) is 2. The Hall–Kier alpha value is -1.85. The molecule has 1 fully saturated rings. The molecule has 28 heavy (non-hydrogen) atoms. The number of nitrogens with one attached hydrogen (secondary N) is 1. The average Bonchev–Trinajstić information content (AvgIpc) is 2.73. The highest BCUT2D eigenvalue weighted by atomic mass is 32.2. The van der Waals surface area contributed by atoms with E-state index in [2.05, 4.69) is 34.5 Å².